The summed E-state index contributed by atoms with van der Waals surface area (Å²) in [5.41, 5.74) is 0. The first kappa shape index (κ1) is 70.4. The Balaban J connectivity index is 2.18. The van der Waals surface area contributed by atoms with E-state index in [1.807, 2.05) is 6.08 Å². The van der Waals surface area contributed by atoms with E-state index >= 15 is 0 Å². The van der Waals surface area contributed by atoms with Crippen LogP contribution >= 0.6 is 0 Å². The van der Waals surface area contributed by atoms with Crippen molar-refractivity contribution in [2.75, 3.05) is 13.2 Å². The number of amides is 1. The Hall–Kier alpha value is -1.59. The number of carbonyl (C=O) groups is 1. The zero-order valence-electron chi connectivity index (χ0n) is 48.6. The highest BCUT2D eigenvalue weighted by molar-refractivity contribution is 5.76. The highest BCUT2D eigenvalue weighted by Gasteiger charge is 2.44. The van der Waals surface area contributed by atoms with Crippen molar-refractivity contribution in [3.63, 3.8) is 0 Å². The van der Waals surface area contributed by atoms with Gasteiger partial charge in [-0.25, -0.2) is 0 Å². The molecule has 1 fully saturated rings. The zero-order chi connectivity index (χ0) is 53.6. The normalized spacial score (nSPS) is 19.1. The lowest BCUT2D eigenvalue weighted by atomic mass is 9.99. The quantitative estimate of drug-likeness (QED) is 0.0261. The summed E-state index contributed by atoms with van der Waals surface area (Å²) in [6.07, 6.45) is 65.2. The lowest BCUT2D eigenvalue weighted by molar-refractivity contribution is -0.302. The molecule has 436 valence electrons. The molecule has 0 radical (unpaired) electrons. The van der Waals surface area contributed by atoms with E-state index in [0.29, 0.717) is 6.42 Å². The Labute approximate surface area is 457 Å². The predicted molar refractivity (Wildman–Crippen MR) is 313 cm³/mol. The number of aliphatic hydroxyl groups is 5. The molecule has 7 atom stereocenters. The van der Waals surface area contributed by atoms with Gasteiger partial charge >= 0.3 is 0 Å². The molecule has 0 aromatic rings. The number of nitrogens with one attached hydrogen (secondary N) is 1. The summed E-state index contributed by atoms with van der Waals surface area (Å²) in [5, 5.41) is 54.6. The molecular weight excluding hydrogens is 923 g/mol. The third-order valence-electron chi connectivity index (χ3n) is 15.4. The lowest BCUT2D eigenvalue weighted by Gasteiger charge is -2.40. The van der Waals surface area contributed by atoms with Crippen LogP contribution in [0.25, 0.3) is 0 Å². The second kappa shape index (κ2) is 54.8. The standard InChI is InChI=1S/C65H123NO8/c1-3-5-7-9-11-13-15-17-19-21-23-25-27-28-29-30-31-32-33-35-37-39-41-43-45-47-49-51-53-55-61(69)66-58(57-73-65-64(72)63(71)62(70)60(56-67)74-65)59(68)54-52-50-48-46-44-42-40-38-36-34-26-24-22-20-18-16-14-12-10-8-6-4-2/h36,38,44,46,52,54,58-60,62-65,67-68,70-72H,3-35,37,39-43,45,47-51,53,55-57H2,1-2H3,(H,66,69)/b38-36+,46-44+,54-52+. The number of rotatable bonds is 56. The minimum Gasteiger partial charge on any atom is -0.394 e. The Kier molecular flexibility index (Phi) is 52.1. The molecule has 9 nitrogen and oxygen atoms in total. The Morgan fingerprint density at radius 2 is 0.770 bits per heavy atom. The molecule has 0 bridgehead atoms. The van der Waals surface area contributed by atoms with Crippen LogP contribution in [0.3, 0.4) is 0 Å². The molecule has 1 amide bonds. The highest BCUT2D eigenvalue weighted by atomic mass is 16.7. The smallest absolute Gasteiger partial charge is 0.220 e. The van der Waals surface area contributed by atoms with Gasteiger partial charge in [0.15, 0.2) is 6.29 Å². The minimum atomic E-state index is -1.57. The van der Waals surface area contributed by atoms with Crippen LogP contribution in [-0.2, 0) is 14.3 Å². The maximum absolute atomic E-state index is 13.1. The lowest BCUT2D eigenvalue weighted by Crippen LogP contribution is -2.60. The largest absolute Gasteiger partial charge is 0.394 e. The molecule has 0 saturated carbocycles. The van der Waals surface area contributed by atoms with Gasteiger partial charge in [0.2, 0.25) is 5.91 Å². The summed E-state index contributed by atoms with van der Waals surface area (Å²) in [4.78, 5) is 13.1. The molecule has 1 heterocycles. The van der Waals surface area contributed by atoms with Crippen molar-refractivity contribution in [2.24, 2.45) is 0 Å². The van der Waals surface area contributed by atoms with Crippen LogP contribution in [0.15, 0.2) is 36.5 Å². The fourth-order valence-electron chi connectivity index (χ4n) is 10.4. The molecule has 74 heavy (non-hydrogen) atoms. The topological polar surface area (TPSA) is 149 Å². The van der Waals surface area contributed by atoms with Crippen LogP contribution < -0.4 is 5.32 Å². The summed E-state index contributed by atoms with van der Waals surface area (Å²) < 4.78 is 11.3. The Morgan fingerprint density at radius 1 is 0.446 bits per heavy atom. The molecule has 0 aromatic heterocycles. The van der Waals surface area contributed by atoms with Gasteiger partial charge in [-0.2, -0.15) is 0 Å². The maximum Gasteiger partial charge on any atom is 0.220 e. The van der Waals surface area contributed by atoms with Crippen LogP contribution in [0.2, 0.25) is 0 Å². The molecule has 1 saturated heterocycles. The number of aliphatic hydroxyl groups excluding tert-OH is 5. The molecule has 0 aromatic carbocycles. The SMILES string of the molecule is CCCCCCCCCCCCCC/C=C/CC/C=C/CC/C=C/C(O)C(COC1OC(CO)C(O)C(O)C1O)NC(=O)CCCCCCCCCCCCCCCCCCCCCCCCCCCCCCC. The van der Waals surface area contributed by atoms with Gasteiger partial charge in [-0.05, 0) is 44.9 Å². The number of unbranched alkanes of at least 4 members (excludes halogenated alkanes) is 42. The second-order valence-electron chi connectivity index (χ2n) is 22.5. The van der Waals surface area contributed by atoms with Crippen molar-refractivity contribution >= 4 is 5.91 Å². The average Bonchev–Trinajstić information content (AvgIpc) is 3.40. The van der Waals surface area contributed by atoms with Crippen LogP contribution in [0.1, 0.15) is 316 Å². The van der Waals surface area contributed by atoms with Gasteiger partial charge in [-0.3, -0.25) is 4.79 Å². The predicted octanol–water partition coefficient (Wildman–Crippen LogP) is 16.7. The van der Waals surface area contributed by atoms with Gasteiger partial charge in [-0.1, -0.05) is 301 Å². The molecule has 1 aliphatic rings. The van der Waals surface area contributed by atoms with Crippen molar-refractivity contribution < 1.29 is 39.8 Å². The molecule has 1 rings (SSSR count). The van der Waals surface area contributed by atoms with E-state index in [1.54, 1.807) is 6.08 Å². The van der Waals surface area contributed by atoms with Crippen molar-refractivity contribution in [2.45, 2.75) is 358 Å². The fraction of sp³-hybridized carbons (Fsp3) is 0.892. The maximum atomic E-state index is 13.1. The van der Waals surface area contributed by atoms with Crippen LogP contribution in [-0.4, -0.2) is 87.5 Å². The average molecular weight is 1050 g/mol. The number of allylic oxidation sites excluding steroid dienone is 5. The van der Waals surface area contributed by atoms with Gasteiger partial charge in [-0.15, -0.1) is 0 Å². The number of hydrogen-bond donors (Lipinski definition) is 6. The van der Waals surface area contributed by atoms with E-state index in [2.05, 4.69) is 43.5 Å². The van der Waals surface area contributed by atoms with Crippen molar-refractivity contribution in [3.05, 3.63) is 36.5 Å². The molecule has 1 aliphatic heterocycles. The molecule has 0 aliphatic carbocycles. The van der Waals surface area contributed by atoms with Gasteiger partial charge in [0, 0.05) is 6.42 Å². The second-order valence-corrected chi connectivity index (χ2v) is 22.5. The summed E-state index contributed by atoms with van der Waals surface area (Å²) in [6, 6.07) is -0.827. The van der Waals surface area contributed by atoms with Gasteiger partial charge < -0.3 is 40.3 Å². The van der Waals surface area contributed by atoms with E-state index in [-0.39, 0.29) is 12.5 Å². The van der Waals surface area contributed by atoms with Gasteiger partial charge in [0.05, 0.1) is 25.4 Å². The summed E-state index contributed by atoms with van der Waals surface area (Å²) in [7, 11) is 0. The molecule has 9 heteroatoms. The van der Waals surface area contributed by atoms with Crippen LogP contribution in [0, 0.1) is 0 Å². The highest BCUT2D eigenvalue weighted by Crippen LogP contribution is 2.23. The fourth-order valence-corrected chi connectivity index (χ4v) is 10.4. The number of ether oxygens (including phenoxy) is 2. The first-order valence-corrected chi connectivity index (χ1v) is 32.2. The molecule has 7 unspecified atom stereocenters. The third kappa shape index (κ3) is 43.4. The van der Waals surface area contributed by atoms with Gasteiger partial charge in [0.1, 0.15) is 24.4 Å². The molecule has 0 spiro atoms. The Bertz CT molecular complexity index is 1260. The zero-order valence-corrected chi connectivity index (χ0v) is 48.6. The number of hydrogen-bond acceptors (Lipinski definition) is 8. The monoisotopic (exact) mass is 1050 g/mol. The summed E-state index contributed by atoms with van der Waals surface area (Å²) in [5.74, 6) is -0.184. The van der Waals surface area contributed by atoms with E-state index in [0.717, 1.165) is 44.9 Å². The van der Waals surface area contributed by atoms with Gasteiger partial charge in [0.25, 0.3) is 0 Å². The van der Waals surface area contributed by atoms with Crippen molar-refractivity contribution in [1.82, 2.24) is 5.32 Å². The first-order chi connectivity index (χ1) is 36.3. The van der Waals surface area contributed by atoms with E-state index in [4.69, 9.17) is 9.47 Å². The Morgan fingerprint density at radius 3 is 1.14 bits per heavy atom. The van der Waals surface area contributed by atoms with E-state index in [9.17, 15) is 30.3 Å². The summed E-state index contributed by atoms with van der Waals surface area (Å²) >= 11 is 0. The van der Waals surface area contributed by atoms with Crippen LogP contribution in [0.4, 0.5) is 0 Å². The number of carbonyl (C=O) groups excluding carboxylic acids is 1. The molecule has 6 N–H and O–H groups in total. The van der Waals surface area contributed by atoms with E-state index in [1.165, 1.54) is 250 Å². The van der Waals surface area contributed by atoms with E-state index < -0.39 is 49.5 Å². The summed E-state index contributed by atoms with van der Waals surface area (Å²) in [6.45, 7) is 3.80. The minimum absolute atomic E-state index is 0.184. The molecular formula is C65H123NO8. The first-order valence-electron chi connectivity index (χ1n) is 32.2. The van der Waals surface area contributed by atoms with Crippen molar-refractivity contribution in [1.29, 1.82) is 0 Å². The van der Waals surface area contributed by atoms with Crippen molar-refractivity contribution in [3.8, 4) is 0 Å². The van der Waals surface area contributed by atoms with Crippen LogP contribution in [0.5, 0.6) is 0 Å². The third-order valence-corrected chi connectivity index (χ3v) is 15.4.